The fraction of sp³-hybridized carbons (Fsp3) is 0.462. The molecule has 1 aliphatic carbocycles. The number of sulfonamides is 1. The van der Waals surface area contributed by atoms with Crippen LogP contribution in [-0.4, -0.2) is 57.1 Å². The molecule has 1 aliphatic rings. The summed E-state index contributed by atoms with van der Waals surface area (Å²) in [4.78, 5) is 27.9. The highest BCUT2D eigenvalue weighted by Crippen LogP contribution is 2.23. The maximum absolute atomic E-state index is 14.5. The number of nitrogens with one attached hydrogen (secondary N) is 1. The lowest BCUT2D eigenvalue weighted by Crippen LogP contribution is -2.53. The molecule has 2 amide bonds. The predicted molar refractivity (Wildman–Crippen MR) is 137 cm³/mol. The summed E-state index contributed by atoms with van der Waals surface area (Å²) in [5.41, 5.74) is 0.510. The van der Waals surface area contributed by atoms with Crippen molar-refractivity contribution < 1.29 is 27.1 Å². The Hall–Kier alpha value is -3.14. The molecule has 8 nitrogen and oxygen atoms in total. The van der Waals surface area contributed by atoms with E-state index in [1.54, 1.807) is 37.3 Å². The third kappa shape index (κ3) is 7.19. The van der Waals surface area contributed by atoms with Gasteiger partial charge >= 0.3 is 0 Å². The molecule has 0 bridgehead atoms. The van der Waals surface area contributed by atoms with Crippen LogP contribution < -0.4 is 14.4 Å². The maximum Gasteiger partial charge on any atom is 0.244 e. The summed E-state index contributed by atoms with van der Waals surface area (Å²) in [5.74, 6) is -0.939. The number of hydrogen-bond donors (Lipinski definition) is 1. The Morgan fingerprint density at radius 1 is 1.08 bits per heavy atom. The summed E-state index contributed by atoms with van der Waals surface area (Å²) in [6.45, 7) is 0.862. The van der Waals surface area contributed by atoms with Crippen molar-refractivity contribution in [2.75, 3.05) is 24.2 Å². The number of nitrogens with zero attached hydrogens (tertiary/aromatic N) is 2. The van der Waals surface area contributed by atoms with Crippen LogP contribution in [0.3, 0.4) is 0 Å². The highest BCUT2D eigenvalue weighted by molar-refractivity contribution is 7.92. The molecule has 10 heteroatoms. The molecule has 0 radical (unpaired) electrons. The molecule has 3 rings (SSSR count). The molecule has 0 aliphatic heterocycles. The van der Waals surface area contributed by atoms with Crippen molar-refractivity contribution in [2.45, 2.75) is 57.7 Å². The van der Waals surface area contributed by atoms with Gasteiger partial charge in [-0.3, -0.25) is 13.9 Å². The minimum atomic E-state index is -3.85. The molecule has 1 saturated carbocycles. The van der Waals surface area contributed by atoms with Crippen LogP contribution in [0, 0.1) is 5.82 Å². The summed E-state index contributed by atoms with van der Waals surface area (Å²) in [6.07, 6.45) is 5.94. The van der Waals surface area contributed by atoms with Gasteiger partial charge in [-0.2, -0.15) is 0 Å². The second-order valence-corrected chi connectivity index (χ2v) is 11.0. The molecule has 0 heterocycles. The van der Waals surface area contributed by atoms with Gasteiger partial charge in [0.1, 0.15) is 24.2 Å². The van der Waals surface area contributed by atoms with Gasteiger partial charge in [-0.1, -0.05) is 37.5 Å². The summed E-state index contributed by atoms with van der Waals surface area (Å²) in [5, 5.41) is 3.01. The zero-order valence-electron chi connectivity index (χ0n) is 20.9. The first-order valence-corrected chi connectivity index (χ1v) is 13.9. The lowest BCUT2D eigenvalue weighted by atomic mass is 9.95. The minimum absolute atomic E-state index is 0.0333. The Labute approximate surface area is 212 Å². The fourth-order valence-corrected chi connectivity index (χ4v) is 5.17. The molecule has 1 atom stereocenters. The van der Waals surface area contributed by atoms with Crippen molar-refractivity contribution in [3.05, 3.63) is 59.9 Å². The van der Waals surface area contributed by atoms with Crippen molar-refractivity contribution in [1.82, 2.24) is 10.2 Å². The van der Waals surface area contributed by atoms with Gasteiger partial charge in [0.05, 0.1) is 19.1 Å². The Kier molecular flexibility index (Phi) is 9.31. The molecule has 1 N–H and O–H groups in total. The van der Waals surface area contributed by atoms with E-state index in [0.717, 1.165) is 42.7 Å². The molecular formula is C26H34FN3O5S. The predicted octanol–water partition coefficient (Wildman–Crippen LogP) is 3.47. The molecule has 1 unspecified atom stereocenters. The standard InChI is InChI=1S/C26H34FN3O5S/c1-19(26(32)28-21-10-5-4-6-11-21)29(17-20-9-7-8-12-24(20)27)25(31)18-30(36(3,33)34)22-13-15-23(35-2)16-14-22/h7-9,12-16,19,21H,4-6,10-11,17-18H2,1-3H3,(H,28,32). The normalized spacial score (nSPS) is 15.1. The van der Waals surface area contributed by atoms with E-state index in [4.69, 9.17) is 4.74 Å². The highest BCUT2D eigenvalue weighted by Gasteiger charge is 2.31. The summed E-state index contributed by atoms with van der Waals surface area (Å²) < 4.78 is 45.8. The van der Waals surface area contributed by atoms with Crippen molar-refractivity contribution in [3.8, 4) is 5.75 Å². The molecule has 2 aromatic carbocycles. The van der Waals surface area contributed by atoms with Gasteiger partial charge in [-0.25, -0.2) is 12.8 Å². The maximum atomic E-state index is 14.5. The smallest absolute Gasteiger partial charge is 0.244 e. The van der Waals surface area contributed by atoms with E-state index < -0.39 is 34.3 Å². The van der Waals surface area contributed by atoms with Gasteiger partial charge in [0.15, 0.2) is 0 Å². The summed E-state index contributed by atoms with van der Waals surface area (Å²) in [6, 6.07) is 11.4. The zero-order valence-corrected chi connectivity index (χ0v) is 21.8. The van der Waals surface area contributed by atoms with Gasteiger partial charge < -0.3 is 15.0 Å². The van der Waals surface area contributed by atoms with E-state index in [1.165, 1.54) is 30.2 Å². The van der Waals surface area contributed by atoms with E-state index in [1.807, 2.05) is 0 Å². The number of carbonyl (C=O) groups excluding carboxylic acids is 2. The average Bonchev–Trinajstić information content (AvgIpc) is 2.86. The SMILES string of the molecule is COc1ccc(N(CC(=O)N(Cc2ccccc2F)C(C)C(=O)NC2CCCCC2)S(C)(=O)=O)cc1. The summed E-state index contributed by atoms with van der Waals surface area (Å²) >= 11 is 0. The van der Waals surface area contributed by atoms with Gasteiger partial charge in [0, 0.05) is 18.2 Å². The van der Waals surface area contributed by atoms with Crippen molar-refractivity contribution >= 4 is 27.5 Å². The molecule has 0 aromatic heterocycles. The third-order valence-electron chi connectivity index (χ3n) is 6.46. The third-order valence-corrected chi connectivity index (χ3v) is 7.60. The first kappa shape index (κ1) is 27.4. The van der Waals surface area contributed by atoms with E-state index in [2.05, 4.69) is 5.32 Å². The van der Waals surface area contributed by atoms with Crippen LogP contribution in [0.4, 0.5) is 10.1 Å². The number of methoxy groups -OCH3 is 1. The van der Waals surface area contributed by atoms with Crippen LogP contribution in [0.2, 0.25) is 0 Å². The topological polar surface area (TPSA) is 96.0 Å². The largest absolute Gasteiger partial charge is 0.497 e. The summed E-state index contributed by atoms with van der Waals surface area (Å²) in [7, 11) is -2.35. The number of amides is 2. The number of carbonyl (C=O) groups is 2. The monoisotopic (exact) mass is 519 g/mol. The van der Waals surface area contributed by atoms with Gasteiger partial charge in [0.2, 0.25) is 21.8 Å². The Morgan fingerprint density at radius 2 is 1.72 bits per heavy atom. The van der Waals surface area contributed by atoms with Crippen molar-refractivity contribution in [2.24, 2.45) is 0 Å². The molecule has 2 aromatic rings. The molecular weight excluding hydrogens is 485 g/mol. The molecule has 36 heavy (non-hydrogen) atoms. The van der Waals surface area contributed by atoms with Crippen molar-refractivity contribution in [3.63, 3.8) is 0 Å². The van der Waals surface area contributed by atoms with Crippen molar-refractivity contribution in [1.29, 1.82) is 0 Å². The number of ether oxygens (including phenoxy) is 1. The van der Waals surface area contributed by atoms with E-state index in [9.17, 15) is 22.4 Å². The van der Waals surface area contributed by atoms with Gasteiger partial charge in [0.25, 0.3) is 0 Å². The zero-order chi connectivity index (χ0) is 26.3. The molecule has 1 fully saturated rings. The Morgan fingerprint density at radius 3 is 2.31 bits per heavy atom. The first-order valence-electron chi connectivity index (χ1n) is 12.0. The highest BCUT2D eigenvalue weighted by atomic mass is 32.2. The van der Waals surface area contributed by atoms with Crippen LogP contribution >= 0.6 is 0 Å². The van der Waals surface area contributed by atoms with E-state index in [0.29, 0.717) is 5.75 Å². The number of anilines is 1. The van der Waals surface area contributed by atoms with Gasteiger partial charge in [-0.05, 0) is 50.1 Å². The molecule has 0 spiro atoms. The van der Waals surface area contributed by atoms with E-state index >= 15 is 0 Å². The molecule has 196 valence electrons. The molecule has 0 saturated heterocycles. The number of rotatable bonds is 10. The van der Waals surface area contributed by atoms with Crippen LogP contribution in [-0.2, 0) is 26.2 Å². The number of benzene rings is 2. The Balaban J connectivity index is 1.87. The van der Waals surface area contributed by atoms with E-state index in [-0.39, 0.29) is 29.7 Å². The fourth-order valence-electron chi connectivity index (χ4n) is 4.32. The number of halogens is 1. The van der Waals surface area contributed by atoms with Crippen LogP contribution in [0.15, 0.2) is 48.5 Å². The minimum Gasteiger partial charge on any atom is -0.497 e. The second kappa shape index (κ2) is 12.2. The lowest BCUT2D eigenvalue weighted by Gasteiger charge is -2.33. The average molecular weight is 520 g/mol. The van der Waals surface area contributed by atoms with Crippen LogP contribution in [0.25, 0.3) is 0 Å². The quantitative estimate of drug-likeness (QED) is 0.519. The van der Waals surface area contributed by atoms with Gasteiger partial charge in [-0.15, -0.1) is 0 Å². The van der Waals surface area contributed by atoms with Crippen LogP contribution in [0.1, 0.15) is 44.6 Å². The second-order valence-electron chi connectivity index (χ2n) is 9.10. The first-order chi connectivity index (χ1) is 17.1. The lowest BCUT2D eigenvalue weighted by molar-refractivity contribution is -0.139. The van der Waals surface area contributed by atoms with Crippen LogP contribution in [0.5, 0.6) is 5.75 Å². The number of hydrogen-bond acceptors (Lipinski definition) is 5. The Bertz CT molecular complexity index is 1150.